The molecule has 112 valence electrons. The molecule has 1 aromatic carbocycles. The second-order valence-corrected chi connectivity index (χ2v) is 5.56. The van der Waals surface area contributed by atoms with Gasteiger partial charge in [0.15, 0.2) is 0 Å². The van der Waals surface area contributed by atoms with E-state index in [1.54, 1.807) is 6.20 Å². The number of hydrogen-bond donors (Lipinski definition) is 1. The molecule has 0 bridgehead atoms. The molecule has 0 unspecified atom stereocenters. The van der Waals surface area contributed by atoms with Crippen LogP contribution in [0.25, 0.3) is 10.9 Å². The van der Waals surface area contributed by atoms with Gasteiger partial charge in [-0.15, -0.1) is 0 Å². The van der Waals surface area contributed by atoms with Gasteiger partial charge in [-0.3, -0.25) is 15.0 Å². The minimum Gasteiger partial charge on any atom is -0.378 e. The van der Waals surface area contributed by atoms with E-state index in [4.69, 9.17) is 4.74 Å². The molecule has 3 aromatic rings. The fourth-order valence-electron chi connectivity index (χ4n) is 3.08. The van der Waals surface area contributed by atoms with Gasteiger partial charge in [-0.1, -0.05) is 18.2 Å². The lowest BCUT2D eigenvalue weighted by Crippen LogP contribution is -2.39. The third-order valence-electron chi connectivity index (χ3n) is 4.23. The summed E-state index contributed by atoms with van der Waals surface area (Å²) in [7, 11) is 0. The lowest BCUT2D eigenvalue weighted by molar-refractivity contribution is -0.0141. The molecule has 1 fully saturated rings. The number of pyridine rings is 1. The predicted octanol–water partition coefficient (Wildman–Crippen LogP) is 2.53. The molecule has 0 radical (unpaired) electrons. The third kappa shape index (κ3) is 2.49. The Morgan fingerprint density at radius 2 is 2.14 bits per heavy atom. The molecule has 22 heavy (non-hydrogen) atoms. The zero-order valence-corrected chi connectivity index (χ0v) is 12.3. The van der Waals surface area contributed by atoms with Gasteiger partial charge in [0.25, 0.3) is 0 Å². The number of benzene rings is 1. The van der Waals surface area contributed by atoms with Crippen molar-refractivity contribution in [3.8, 4) is 0 Å². The van der Waals surface area contributed by atoms with Crippen molar-refractivity contribution in [2.75, 3.05) is 19.8 Å². The van der Waals surface area contributed by atoms with Gasteiger partial charge in [0.2, 0.25) is 0 Å². The lowest BCUT2D eigenvalue weighted by atomic mass is 10.1. The van der Waals surface area contributed by atoms with Crippen LogP contribution in [0.2, 0.25) is 0 Å². The molecule has 0 saturated carbocycles. The maximum absolute atomic E-state index is 5.66. The molecule has 1 saturated heterocycles. The van der Waals surface area contributed by atoms with Gasteiger partial charge in [0.05, 0.1) is 30.5 Å². The summed E-state index contributed by atoms with van der Waals surface area (Å²) < 4.78 is 5.66. The average Bonchev–Trinajstić information content (AvgIpc) is 3.10. The largest absolute Gasteiger partial charge is 0.378 e. The Hall–Kier alpha value is -2.24. The SMILES string of the molecule is c1ccc2c(CN3CCOC[C@H]3c3ccn[nH]3)ccnc2c1. The highest BCUT2D eigenvalue weighted by Gasteiger charge is 2.26. The highest BCUT2D eigenvalue weighted by Crippen LogP contribution is 2.26. The Balaban J connectivity index is 1.65. The first kappa shape index (κ1) is 13.4. The van der Waals surface area contributed by atoms with Crippen molar-refractivity contribution in [2.24, 2.45) is 0 Å². The molecule has 3 heterocycles. The molecular weight excluding hydrogens is 276 g/mol. The number of nitrogens with zero attached hydrogens (tertiary/aromatic N) is 3. The topological polar surface area (TPSA) is 54.0 Å². The maximum Gasteiger partial charge on any atom is 0.0755 e. The van der Waals surface area contributed by atoms with Crippen LogP contribution in [-0.4, -0.2) is 39.8 Å². The van der Waals surface area contributed by atoms with Gasteiger partial charge < -0.3 is 4.74 Å². The van der Waals surface area contributed by atoms with Crippen molar-refractivity contribution in [2.45, 2.75) is 12.6 Å². The summed E-state index contributed by atoms with van der Waals surface area (Å²) in [5, 5.41) is 8.37. The first-order valence-electron chi connectivity index (χ1n) is 7.55. The van der Waals surface area contributed by atoms with Gasteiger partial charge in [0, 0.05) is 30.9 Å². The van der Waals surface area contributed by atoms with E-state index in [0.29, 0.717) is 6.61 Å². The van der Waals surface area contributed by atoms with Crippen molar-refractivity contribution in [1.29, 1.82) is 0 Å². The number of morpholine rings is 1. The van der Waals surface area contributed by atoms with Crippen LogP contribution in [0.1, 0.15) is 17.3 Å². The summed E-state index contributed by atoms with van der Waals surface area (Å²) >= 11 is 0. The van der Waals surface area contributed by atoms with E-state index in [-0.39, 0.29) is 6.04 Å². The van der Waals surface area contributed by atoms with Gasteiger partial charge in [-0.2, -0.15) is 5.10 Å². The number of aromatic amines is 1. The second kappa shape index (κ2) is 5.87. The van der Waals surface area contributed by atoms with Crippen molar-refractivity contribution >= 4 is 10.9 Å². The number of aromatic nitrogens is 3. The predicted molar refractivity (Wildman–Crippen MR) is 84.3 cm³/mol. The number of fused-ring (bicyclic) bond motifs is 1. The molecule has 5 nitrogen and oxygen atoms in total. The van der Waals surface area contributed by atoms with E-state index in [1.807, 2.05) is 18.3 Å². The normalized spacial score (nSPS) is 19.5. The van der Waals surface area contributed by atoms with Crippen LogP contribution in [0.5, 0.6) is 0 Å². The van der Waals surface area contributed by atoms with E-state index in [9.17, 15) is 0 Å². The number of hydrogen-bond acceptors (Lipinski definition) is 4. The van der Waals surface area contributed by atoms with Gasteiger partial charge in [-0.05, 0) is 23.8 Å². The summed E-state index contributed by atoms with van der Waals surface area (Å²) in [6.07, 6.45) is 3.69. The fraction of sp³-hybridized carbons (Fsp3) is 0.294. The van der Waals surface area contributed by atoms with E-state index >= 15 is 0 Å². The number of ether oxygens (including phenoxy) is 1. The first-order valence-corrected chi connectivity index (χ1v) is 7.55. The van der Waals surface area contributed by atoms with Crippen LogP contribution < -0.4 is 0 Å². The molecule has 4 rings (SSSR count). The van der Waals surface area contributed by atoms with Crippen molar-refractivity contribution in [1.82, 2.24) is 20.1 Å². The number of rotatable bonds is 3. The Kier molecular flexibility index (Phi) is 3.58. The van der Waals surface area contributed by atoms with E-state index < -0.39 is 0 Å². The summed E-state index contributed by atoms with van der Waals surface area (Å²) in [6.45, 7) is 3.27. The Morgan fingerprint density at radius 1 is 1.18 bits per heavy atom. The molecule has 1 atom stereocenters. The molecule has 0 amide bonds. The monoisotopic (exact) mass is 294 g/mol. The van der Waals surface area contributed by atoms with Crippen molar-refractivity contribution in [3.63, 3.8) is 0 Å². The van der Waals surface area contributed by atoms with Crippen LogP contribution >= 0.6 is 0 Å². The minimum absolute atomic E-state index is 0.225. The summed E-state index contributed by atoms with van der Waals surface area (Å²) in [5.74, 6) is 0. The highest BCUT2D eigenvalue weighted by atomic mass is 16.5. The molecule has 5 heteroatoms. The molecule has 0 spiro atoms. The molecular formula is C17H18N4O. The summed E-state index contributed by atoms with van der Waals surface area (Å²) in [5.41, 5.74) is 3.46. The minimum atomic E-state index is 0.225. The molecule has 1 N–H and O–H groups in total. The quantitative estimate of drug-likeness (QED) is 0.806. The smallest absolute Gasteiger partial charge is 0.0755 e. The first-order chi connectivity index (χ1) is 10.9. The molecule has 2 aromatic heterocycles. The van der Waals surface area contributed by atoms with Crippen LogP contribution in [0, 0.1) is 0 Å². The van der Waals surface area contributed by atoms with Gasteiger partial charge in [-0.25, -0.2) is 0 Å². The average molecular weight is 294 g/mol. The molecule has 1 aliphatic rings. The van der Waals surface area contributed by atoms with E-state index in [0.717, 1.165) is 30.9 Å². The zero-order chi connectivity index (χ0) is 14.8. The second-order valence-electron chi connectivity index (χ2n) is 5.56. The third-order valence-corrected chi connectivity index (χ3v) is 4.23. The van der Waals surface area contributed by atoms with Crippen LogP contribution in [0.15, 0.2) is 48.8 Å². The number of para-hydroxylation sites is 1. The summed E-state index contributed by atoms with van der Waals surface area (Å²) in [4.78, 5) is 6.89. The van der Waals surface area contributed by atoms with Crippen LogP contribution in [0.4, 0.5) is 0 Å². The lowest BCUT2D eigenvalue weighted by Gasteiger charge is -2.35. The Bertz CT molecular complexity index is 751. The van der Waals surface area contributed by atoms with Crippen LogP contribution in [0.3, 0.4) is 0 Å². The zero-order valence-electron chi connectivity index (χ0n) is 12.3. The van der Waals surface area contributed by atoms with Gasteiger partial charge >= 0.3 is 0 Å². The van der Waals surface area contributed by atoms with Crippen molar-refractivity contribution in [3.05, 3.63) is 60.0 Å². The Labute approximate surface area is 128 Å². The van der Waals surface area contributed by atoms with Crippen LogP contribution in [-0.2, 0) is 11.3 Å². The van der Waals surface area contributed by atoms with E-state index in [2.05, 4.69) is 44.3 Å². The summed E-state index contributed by atoms with van der Waals surface area (Å²) in [6, 6.07) is 12.7. The molecule has 0 aliphatic carbocycles. The van der Waals surface area contributed by atoms with E-state index in [1.165, 1.54) is 10.9 Å². The molecule has 1 aliphatic heterocycles. The number of nitrogens with one attached hydrogen (secondary N) is 1. The standard InChI is InChI=1S/C17H18N4O/c1-2-4-15-14(3-1)13(5-7-18-15)11-21-9-10-22-12-17(21)16-6-8-19-20-16/h1-8,17H,9-12H2,(H,19,20)/t17-/m0/s1. The fourth-order valence-corrected chi connectivity index (χ4v) is 3.08. The highest BCUT2D eigenvalue weighted by molar-refractivity contribution is 5.81. The maximum atomic E-state index is 5.66. The van der Waals surface area contributed by atoms with Gasteiger partial charge in [0.1, 0.15) is 0 Å². The number of H-pyrrole nitrogens is 1. The van der Waals surface area contributed by atoms with Crippen molar-refractivity contribution < 1.29 is 4.74 Å². The Morgan fingerprint density at radius 3 is 3.05 bits per heavy atom.